The van der Waals surface area contributed by atoms with Crippen LogP contribution >= 0.6 is 23.2 Å². The molecule has 0 aliphatic heterocycles. The Morgan fingerprint density at radius 1 is 1.15 bits per heavy atom. The van der Waals surface area contributed by atoms with Crippen molar-refractivity contribution in [1.82, 2.24) is 14.6 Å². The summed E-state index contributed by atoms with van der Waals surface area (Å²) in [4.78, 5) is 4.39. The van der Waals surface area contributed by atoms with Gasteiger partial charge in [0, 0.05) is 11.2 Å². The molecule has 20 heavy (non-hydrogen) atoms. The second kappa shape index (κ2) is 5.31. The molecule has 4 nitrogen and oxygen atoms in total. The summed E-state index contributed by atoms with van der Waals surface area (Å²) in [7, 11) is 0. The van der Waals surface area contributed by atoms with Gasteiger partial charge in [0.2, 0.25) is 5.95 Å². The first kappa shape index (κ1) is 13.2. The van der Waals surface area contributed by atoms with Gasteiger partial charge in [-0.1, -0.05) is 35.3 Å². The monoisotopic (exact) mass is 306 g/mol. The Kier molecular flexibility index (Phi) is 3.51. The van der Waals surface area contributed by atoms with Crippen molar-refractivity contribution in [2.75, 3.05) is 5.32 Å². The fourth-order valence-corrected chi connectivity index (χ4v) is 2.33. The zero-order valence-corrected chi connectivity index (χ0v) is 12.2. The highest BCUT2D eigenvalue weighted by molar-refractivity contribution is 6.30. The Balaban J connectivity index is 1.85. The minimum absolute atomic E-state index is 0.0570. The summed E-state index contributed by atoms with van der Waals surface area (Å²) < 4.78 is 1.65. The molecule has 0 aliphatic carbocycles. The van der Waals surface area contributed by atoms with Gasteiger partial charge in [0.1, 0.15) is 0 Å². The number of nitrogens with zero attached hydrogens (tertiary/aromatic N) is 3. The molecule has 1 aromatic carbocycles. The molecular formula is C14H12Cl2N4. The quantitative estimate of drug-likeness (QED) is 0.788. The predicted molar refractivity (Wildman–Crippen MR) is 81.5 cm³/mol. The third-order valence-electron chi connectivity index (χ3n) is 2.99. The molecule has 0 bridgehead atoms. The first-order valence-electron chi connectivity index (χ1n) is 6.16. The topological polar surface area (TPSA) is 42.2 Å². The molecule has 3 rings (SSSR count). The molecular weight excluding hydrogens is 295 g/mol. The second-order valence-electron chi connectivity index (χ2n) is 4.51. The number of fused-ring (bicyclic) bond motifs is 1. The molecule has 1 unspecified atom stereocenters. The van der Waals surface area contributed by atoms with Crippen LogP contribution in [0, 0.1) is 0 Å². The number of hydrogen-bond donors (Lipinski definition) is 1. The number of halogens is 2. The normalized spacial score (nSPS) is 12.6. The van der Waals surface area contributed by atoms with Crippen molar-refractivity contribution in [3.63, 3.8) is 0 Å². The lowest BCUT2D eigenvalue weighted by Gasteiger charge is -2.12. The van der Waals surface area contributed by atoms with Gasteiger partial charge in [-0.05, 0) is 36.8 Å². The van der Waals surface area contributed by atoms with Crippen LogP contribution in [0.25, 0.3) is 5.65 Å². The summed E-state index contributed by atoms with van der Waals surface area (Å²) in [5.41, 5.74) is 1.82. The van der Waals surface area contributed by atoms with Crippen LogP contribution in [-0.4, -0.2) is 14.6 Å². The van der Waals surface area contributed by atoms with E-state index in [0.29, 0.717) is 16.0 Å². The Morgan fingerprint density at radius 3 is 2.80 bits per heavy atom. The maximum atomic E-state index is 6.00. The van der Waals surface area contributed by atoms with Crippen molar-refractivity contribution in [2.45, 2.75) is 13.0 Å². The minimum Gasteiger partial charge on any atom is -0.346 e. The summed E-state index contributed by atoms with van der Waals surface area (Å²) in [6.07, 6.45) is 1.72. The molecule has 2 heterocycles. The minimum atomic E-state index is 0.0570. The van der Waals surface area contributed by atoms with E-state index in [9.17, 15) is 0 Å². The van der Waals surface area contributed by atoms with Gasteiger partial charge >= 0.3 is 0 Å². The number of pyridine rings is 1. The number of anilines is 1. The maximum Gasteiger partial charge on any atom is 0.243 e. The van der Waals surface area contributed by atoms with Crippen LogP contribution in [0.15, 0.2) is 42.6 Å². The molecule has 0 fully saturated rings. The van der Waals surface area contributed by atoms with Crippen LogP contribution in [0.1, 0.15) is 18.5 Å². The highest BCUT2D eigenvalue weighted by atomic mass is 35.5. The first-order valence-corrected chi connectivity index (χ1v) is 6.91. The predicted octanol–water partition coefficient (Wildman–Crippen LogP) is 4.21. The lowest BCUT2D eigenvalue weighted by atomic mass is 10.1. The van der Waals surface area contributed by atoms with Crippen LogP contribution in [0.4, 0.5) is 5.95 Å². The van der Waals surface area contributed by atoms with Gasteiger partial charge in [0.05, 0.1) is 11.1 Å². The fourth-order valence-electron chi connectivity index (χ4n) is 1.97. The third kappa shape index (κ3) is 2.71. The van der Waals surface area contributed by atoms with Crippen LogP contribution in [0.3, 0.4) is 0 Å². The number of nitrogens with one attached hydrogen (secondary N) is 1. The zero-order valence-electron chi connectivity index (χ0n) is 10.7. The van der Waals surface area contributed by atoms with Crippen LogP contribution in [0.2, 0.25) is 10.0 Å². The van der Waals surface area contributed by atoms with Crippen LogP contribution in [0.5, 0.6) is 0 Å². The summed E-state index contributed by atoms with van der Waals surface area (Å²) in [6, 6.07) is 11.4. The largest absolute Gasteiger partial charge is 0.346 e. The van der Waals surface area contributed by atoms with E-state index in [1.807, 2.05) is 37.3 Å². The van der Waals surface area contributed by atoms with E-state index < -0.39 is 0 Å². The van der Waals surface area contributed by atoms with Gasteiger partial charge in [-0.25, -0.2) is 4.52 Å². The van der Waals surface area contributed by atoms with Crippen molar-refractivity contribution in [3.05, 3.63) is 58.2 Å². The third-order valence-corrected chi connectivity index (χ3v) is 3.45. The van der Waals surface area contributed by atoms with Crippen LogP contribution < -0.4 is 5.32 Å². The lowest BCUT2D eigenvalue weighted by molar-refractivity contribution is 0.853. The molecule has 0 saturated heterocycles. The second-order valence-corrected chi connectivity index (χ2v) is 5.38. The van der Waals surface area contributed by atoms with Crippen molar-refractivity contribution in [1.29, 1.82) is 0 Å². The molecule has 0 spiro atoms. The smallest absolute Gasteiger partial charge is 0.243 e. The van der Waals surface area contributed by atoms with Crippen molar-refractivity contribution in [3.8, 4) is 0 Å². The first-order chi connectivity index (χ1) is 9.61. The lowest BCUT2D eigenvalue weighted by Crippen LogP contribution is -2.07. The van der Waals surface area contributed by atoms with Gasteiger partial charge in [-0.15, -0.1) is 5.10 Å². The molecule has 1 N–H and O–H groups in total. The molecule has 0 amide bonds. The molecule has 3 aromatic rings. The van der Waals surface area contributed by atoms with Gasteiger partial charge in [-0.3, -0.25) is 0 Å². The molecule has 0 saturated carbocycles. The van der Waals surface area contributed by atoms with E-state index in [4.69, 9.17) is 23.2 Å². The average molecular weight is 307 g/mol. The fraction of sp³-hybridized carbons (Fsp3) is 0.143. The highest BCUT2D eigenvalue weighted by Gasteiger charge is 2.09. The van der Waals surface area contributed by atoms with Gasteiger partial charge in [0.25, 0.3) is 0 Å². The highest BCUT2D eigenvalue weighted by Crippen LogP contribution is 2.21. The Hall–Kier alpha value is -1.78. The summed E-state index contributed by atoms with van der Waals surface area (Å²) in [5.74, 6) is 0.555. The number of benzene rings is 1. The Bertz CT molecular complexity index is 754. The van der Waals surface area contributed by atoms with E-state index >= 15 is 0 Å². The SMILES string of the molecule is CC(Nc1nc2ccc(Cl)cn2n1)c1cccc(Cl)c1. The number of rotatable bonds is 3. The van der Waals surface area contributed by atoms with Crippen molar-refractivity contribution >= 4 is 34.8 Å². The number of hydrogen-bond acceptors (Lipinski definition) is 3. The summed E-state index contributed by atoms with van der Waals surface area (Å²) in [5, 5.41) is 8.92. The van der Waals surface area contributed by atoms with E-state index in [2.05, 4.69) is 15.4 Å². The van der Waals surface area contributed by atoms with E-state index in [1.165, 1.54) is 0 Å². The van der Waals surface area contributed by atoms with E-state index in [0.717, 1.165) is 11.2 Å². The van der Waals surface area contributed by atoms with E-state index in [1.54, 1.807) is 16.8 Å². The molecule has 6 heteroatoms. The van der Waals surface area contributed by atoms with Gasteiger partial charge < -0.3 is 5.32 Å². The van der Waals surface area contributed by atoms with Crippen molar-refractivity contribution in [2.24, 2.45) is 0 Å². The Labute approximate surface area is 126 Å². The number of aromatic nitrogens is 3. The van der Waals surface area contributed by atoms with Crippen LogP contribution in [-0.2, 0) is 0 Å². The van der Waals surface area contributed by atoms with Gasteiger partial charge in [0.15, 0.2) is 5.65 Å². The maximum absolute atomic E-state index is 6.00. The Morgan fingerprint density at radius 2 is 2.00 bits per heavy atom. The molecule has 102 valence electrons. The molecule has 0 radical (unpaired) electrons. The summed E-state index contributed by atoms with van der Waals surface area (Å²) >= 11 is 11.9. The van der Waals surface area contributed by atoms with Crippen molar-refractivity contribution < 1.29 is 0 Å². The standard InChI is InChI=1S/C14H12Cl2N4/c1-9(10-3-2-4-11(15)7-10)17-14-18-13-6-5-12(16)8-20(13)19-14/h2-9H,1H3,(H,17,19). The van der Waals surface area contributed by atoms with E-state index in [-0.39, 0.29) is 6.04 Å². The molecule has 2 aromatic heterocycles. The molecule has 0 aliphatic rings. The average Bonchev–Trinajstić information content (AvgIpc) is 2.80. The zero-order chi connectivity index (χ0) is 14.1. The van der Waals surface area contributed by atoms with Gasteiger partial charge in [-0.2, -0.15) is 4.98 Å². The summed E-state index contributed by atoms with van der Waals surface area (Å²) in [6.45, 7) is 2.03. The molecule has 1 atom stereocenters.